The lowest BCUT2D eigenvalue weighted by atomic mass is 10.0. The zero-order valence-corrected chi connectivity index (χ0v) is 18.8. The van der Waals surface area contributed by atoms with Crippen molar-refractivity contribution in [2.24, 2.45) is 0 Å². The van der Waals surface area contributed by atoms with E-state index in [4.69, 9.17) is 9.47 Å². The predicted octanol–water partition coefficient (Wildman–Crippen LogP) is 6.39. The molecule has 2 aromatic carbocycles. The molecule has 0 atom stereocenters. The molecule has 0 radical (unpaired) electrons. The molecule has 0 aliphatic heterocycles. The summed E-state index contributed by atoms with van der Waals surface area (Å²) in [5.74, 6) is -0.462. The van der Waals surface area contributed by atoms with E-state index in [9.17, 15) is 22.4 Å². The topological polar surface area (TPSA) is 64.9 Å². The molecule has 10 heteroatoms. The number of anilines is 1. The molecule has 6 nitrogen and oxygen atoms in total. The zero-order chi connectivity index (χ0) is 25.2. The number of esters is 1. The van der Waals surface area contributed by atoms with E-state index in [1.165, 1.54) is 31.4 Å². The van der Waals surface area contributed by atoms with Gasteiger partial charge < -0.3 is 14.8 Å². The maximum absolute atomic E-state index is 13.6. The van der Waals surface area contributed by atoms with Gasteiger partial charge in [0, 0.05) is 24.2 Å². The van der Waals surface area contributed by atoms with Crippen LogP contribution in [0.4, 0.5) is 23.2 Å². The van der Waals surface area contributed by atoms with Crippen LogP contribution in [0.5, 0.6) is 11.5 Å². The smallest absolute Gasteiger partial charge is 0.390 e. The van der Waals surface area contributed by atoms with E-state index in [1.807, 2.05) is 0 Å². The number of aromatic nitrogens is 2. The summed E-state index contributed by atoms with van der Waals surface area (Å²) in [7, 11) is 1.30. The fraction of sp³-hybridized carbons (Fsp3) is 0.200. The third-order valence-electron chi connectivity index (χ3n) is 5.26. The normalized spacial score (nSPS) is 11.5. The molecule has 0 spiro atoms. The van der Waals surface area contributed by atoms with E-state index >= 15 is 0 Å². The van der Waals surface area contributed by atoms with Crippen LogP contribution in [-0.4, -0.2) is 35.2 Å². The van der Waals surface area contributed by atoms with E-state index in [2.05, 4.69) is 10.3 Å². The number of pyridine rings is 1. The molecule has 2 heterocycles. The Morgan fingerprint density at radius 2 is 1.91 bits per heavy atom. The molecular weight excluding hydrogens is 466 g/mol. The second-order valence-electron chi connectivity index (χ2n) is 7.80. The zero-order valence-electron chi connectivity index (χ0n) is 18.8. The molecule has 2 aromatic heterocycles. The quantitative estimate of drug-likeness (QED) is 0.242. The largest absolute Gasteiger partial charge is 0.465 e. The molecule has 0 aliphatic rings. The Labute approximate surface area is 198 Å². The highest BCUT2D eigenvalue weighted by molar-refractivity contribution is 5.91. The number of nitrogens with zero attached hydrogens (tertiary/aromatic N) is 2. The Morgan fingerprint density at radius 1 is 1.11 bits per heavy atom. The van der Waals surface area contributed by atoms with Crippen molar-refractivity contribution in [2.45, 2.75) is 19.5 Å². The summed E-state index contributed by atoms with van der Waals surface area (Å²) in [4.78, 5) is 16.3. The minimum Gasteiger partial charge on any atom is -0.465 e. The summed E-state index contributed by atoms with van der Waals surface area (Å²) in [5, 5.41) is 2.77. The average Bonchev–Trinajstić information content (AvgIpc) is 3.22. The van der Waals surface area contributed by atoms with Gasteiger partial charge in [-0.1, -0.05) is 12.1 Å². The molecule has 4 rings (SSSR count). The summed E-state index contributed by atoms with van der Waals surface area (Å²) in [6, 6.07) is 12.2. The minimum atomic E-state index is -4.32. The van der Waals surface area contributed by atoms with Crippen LogP contribution >= 0.6 is 0 Å². The van der Waals surface area contributed by atoms with Crippen LogP contribution in [0.25, 0.3) is 16.9 Å². The molecular formula is C25H21F4N3O3. The molecule has 0 amide bonds. The van der Waals surface area contributed by atoms with Gasteiger partial charge in [-0.2, -0.15) is 13.2 Å². The van der Waals surface area contributed by atoms with Crippen LogP contribution in [0, 0.1) is 12.7 Å². The molecule has 35 heavy (non-hydrogen) atoms. The van der Waals surface area contributed by atoms with E-state index < -0.39 is 24.4 Å². The second-order valence-corrected chi connectivity index (χ2v) is 7.80. The number of hydrogen-bond donors (Lipinski definition) is 1. The number of fused-ring (bicyclic) bond motifs is 1. The lowest BCUT2D eigenvalue weighted by Crippen LogP contribution is -2.15. The number of aryl methyl sites for hydroxylation is 1. The number of halogens is 4. The van der Waals surface area contributed by atoms with E-state index in [1.54, 1.807) is 48.0 Å². The Kier molecular flexibility index (Phi) is 6.63. The summed E-state index contributed by atoms with van der Waals surface area (Å²) in [6.07, 6.45) is -2.17. The molecule has 0 unspecified atom stereocenters. The van der Waals surface area contributed by atoms with Crippen LogP contribution in [0.3, 0.4) is 0 Å². The third kappa shape index (κ3) is 5.53. The van der Waals surface area contributed by atoms with Gasteiger partial charge in [0.05, 0.1) is 42.9 Å². The van der Waals surface area contributed by atoms with Crippen LogP contribution in [-0.2, 0) is 4.74 Å². The van der Waals surface area contributed by atoms with Gasteiger partial charge in [0.2, 0.25) is 0 Å². The Balaban J connectivity index is 1.77. The molecule has 0 aliphatic carbocycles. The fourth-order valence-electron chi connectivity index (χ4n) is 3.63. The first-order valence-electron chi connectivity index (χ1n) is 10.6. The Hall–Kier alpha value is -4.08. The van der Waals surface area contributed by atoms with E-state index in [0.29, 0.717) is 33.7 Å². The monoisotopic (exact) mass is 487 g/mol. The number of hydrogen-bond acceptors (Lipinski definition) is 5. The van der Waals surface area contributed by atoms with Gasteiger partial charge in [0.1, 0.15) is 17.3 Å². The number of nitrogens with one attached hydrogen (secondary N) is 1. The lowest BCUT2D eigenvalue weighted by Gasteiger charge is -2.14. The molecule has 1 N–H and O–H groups in total. The minimum absolute atomic E-state index is 0.227. The number of imidazole rings is 1. The second kappa shape index (κ2) is 9.65. The Bertz CT molecular complexity index is 1380. The first-order chi connectivity index (χ1) is 16.6. The van der Waals surface area contributed by atoms with Crippen LogP contribution in [0.2, 0.25) is 0 Å². The first kappa shape index (κ1) is 24.1. The van der Waals surface area contributed by atoms with Crippen molar-refractivity contribution in [3.63, 3.8) is 0 Å². The molecule has 0 saturated heterocycles. The van der Waals surface area contributed by atoms with Crippen molar-refractivity contribution in [3.8, 4) is 22.8 Å². The van der Waals surface area contributed by atoms with Crippen molar-refractivity contribution in [1.29, 1.82) is 0 Å². The van der Waals surface area contributed by atoms with Gasteiger partial charge in [0.15, 0.2) is 5.65 Å². The van der Waals surface area contributed by atoms with Gasteiger partial charge in [-0.25, -0.2) is 14.2 Å². The highest BCUT2D eigenvalue weighted by Crippen LogP contribution is 2.32. The van der Waals surface area contributed by atoms with Gasteiger partial charge in [-0.05, 0) is 36.8 Å². The third-order valence-corrected chi connectivity index (χ3v) is 5.26. The average molecular weight is 487 g/mol. The first-order valence-corrected chi connectivity index (χ1v) is 10.6. The van der Waals surface area contributed by atoms with Crippen molar-refractivity contribution < 1.29 is 31.8 Å². The molecule has 0 fully saturated rings. The number of rotatable bonds is 7. The van der Waals surface area contributed by atoms with Gasteiger partial charge in [-0.3, -0.25) is 4.40 Å². The number of ether oxygens (including phenoxy) is 2. The Morgan fingerprint density at radius 3 is 2.60 bits per heavy atom. The number of methoxy groups -OCH3 is 1. The van der Waals surface area contributed by atoms with E-state index in [0.717, 1.165) is 0 Å². The highest BCUT2D eigenvalue weighted by Gasteiger charge is 2.26. The van der Waals surface area contributed by atoms with Crippen LogP contribution in [0.15, 0.2) is 60.9 Å². The predicted molar refractivity (Wildman–Crippen MR) is 122 cm³/mol. The van der Waals surface area contributed by atoms with Gasteiger partial charge in [0.25, 0.3) is 0 Å². The summed E-state index contributed by atoms with van der Waals surface area (Å²) >= 11 is 0. The summed E-state index contributed by atoms with van der Waals surface area (Å²) in [6.45, 7) is 1.40. The van der Waals surface area contributed by atoms with Crippen molar-refractivity contribution in [2.75, 3.05) is 19.0 Å². The maximum atomic E-state index is 13.6. The van der Waals surface area contributed by atoms with Gasteiger partial charge >= 0.3 is 12.1 Å². The molecule has 0 saturated carbocycles. The van der Waals surface area contributed by atoms with Crippen molar-refractivity contribution >= 4 is 17.3 Å². The summed E-state index contributed by atoms with van der Waals surface area (Å²) < 4.78 is 64.0. The number of benzene rings is 2. The van der Waals surface area contributed by atoms with Crippen molar-refractivity contribution in [1.82, 2.24) is 9.38 Å². The molecule has 182 valence electrons. The number of carbonyl (C=O) groups is 1. The van der Waals surface area contributed by atoms with Crippen LogP contribution < -0.4 is 10.1 Å². The maximum Gasteiger partial charge on any atom is 0.390 e. The SMILES string of the molecule is COC(=O)c1ccc(-c2cnc3c(NCCC(F)(F)F)cc(Oc4cccc(F)c4)cn23)cc1C. The number of carbonyl (C=O) groups excluding carboxylic acids is 1. The van der Waals surface area contributed by atoms with Gasteiger partial charge in [-0.15, -0.1) is 0 Å². The fourth-order valence-corrected chi connectivity index (χ4v) is 3.63. The number of alkyl halides is 3. The molecule has 4 aromatic rings. The summed E-state index contributed by atoms with van der Waals surface area (Å²) in [5.41, 5.74) is 3.12. The van der Waals surface area contributed by atoms with Crippen LogP contribution in [0.1, 0.15) is 22.3 Å². The lowest BCUT2D eigenvalue weighted by molar-refractivity contribution is -0.131. The van der Waals surface area contributed by atoms with Crippen molar-refractivity contribution in [3.05, 3.63) is 77.9 Å². The molecule has 0 bridgehead atoms. The van der Waals surface area contributed by atoms with E-state index in [-0.39, 0.29) is 18.0 Å². The highest BCUT2D eigenvalue weighted by atomic mass is 19.4. The standard InChI is InChI=1S/C25H21F4N3O3/c1-15-10-16(6-7-20(15)24(33)34-2)22-13-31-23-21(30-9-8-25(27,28)29)12-19(14-32(22)23)35-18-5-3-4-17(26)11-18/h3-7,10-14,30H,8-9H2,1-2H3.